The van der Waals surface area contributed by atoms with E-state index in [1.165, 1.54) is 0 Å². The van der Waals surface area contributed by atoms with Gasteiger partial charge in [0.15, 0.2) is 5.69 Å². The molecule has 2 heterocycles. The van der Waals surface area contributed by atoms with Crippen molar-refractivity contribution in [1.82, 2.24) is 9.29 Å². The van der Waals surface area contributed by atoms with E-state index < -0.39 is 10.0 Å². The molecule has 0 bridgehead atoms. The molecule has 0 aliphatic carbocycles. The van der Waals surface area contributed by atoms with Crippen LogP contribution < -0.4 is 4.90 Å². The van der Waals surface area contributed by atoms with Gasteiger partial charge in [0.05, 0.1) is 4.90 Å². The van der Waals surface area contributed by atoms with E-state index in [9.17, 15) is 13.7 Å². The molecular weight excluding hydrogens is 420 g/mol. The lowest BCUT2D eigenvalue weighted by Gasteiger charge is -2.31. The van der Waals surface area contributed by atoms with Crippen LogP contribution in [0.5, 0.6) is 0 Å². The van der Waals surface area contributed by atoms with Gasteiger partial charge in [-0.15, -0.1) is 0 Å². The first-order chi connectivity index (χ1) is 15.1. The van der Waals surface area contributed by atoms with E-state index >= 15 is 0 Å². The average Bonchev–Trinajstić information content (AvgIpc) is 2.92. The molecule has 2 aromatic carbocycles. The Morgan fingerprint density at radius 2 is 1.69 bits per heavy atom. The van der Waals surface area contributed by atoms with Crippen molar-refractivity contribution in [3.63, 3.8) is 0 Å². The summed E-state index contributed by atoms with van der Waals surface area (Å²) < 4.78 is 28.6. The Kier molecular flexibility index (Phi) is 5.70. The maximum absolute atomic E-state index is 13.5. The Hall–Kier alpha value is -2.95. The minimum atomic E-state index is -3.68. The highest BCUT2D eigenvalue weighted by molar-refractivity contribution is 7.89. The monoisotopic (exact) mass is 448 g/mol. The molecule has 1 aromatic heterocycles. The summed E-state index contributed by atoms with van der Waals surface area (Å²) in [6.07, 6.45) is 0. The van der Waals surface area contributed by atoms with Crippen LogP contribution in [0.2, 0.25) is 0 Å². The highest BCUT2D eigenvalue weighted by Gasteiger charge is 2.32. The molecule has 0 atom stereocenters. The summed E-state index contributed by atoms with van der Waals surface area (Å²) in [4.78, 5) is 7.15. The number of hydrogen-bond acceptors (Lipinski definition) is 5. The lowest BCUT2D eigenvalue weighted by atomic mass is 9.95. The van der Waals surface area contributed by atoms with Gasteiger partial charge in [-0.1, -0.05) is 62.7 Å². The van der Waals surface area contributed by atoms with E-state index in [4.69, 9.17) is 4.98 Å². The maximum Gasteiger partial charge on any atom is 0.243 e. The van der Waals surface area contributed by atoms with Gasteiger partial charge in [0, 0.05) is 37.1 Å². The summed E-state index contributed by atoms with van der Waals surface area (Å²) in [6, 6.07) is 16.8. The highest BCUT2D eigenvalue weighted by Crippen LogP contribution is 2.35. The zero-order valence-electron chi connectivity index (χ0n) is 19.0. The molecule has 1 aliphatic rings. The van der Waals surface area contributed by atoms with Gasteiger partial charge >= 0.3 is 0 Å². The standard InChI is InChI=1S/C25H28N4O2S/c1-18-9-11-19(12-10-18)32(30,31)29-14-13-28(17-25(2,3)4)24-22(16-29)20-7-5-6-8-21(20)23(15-26)27-24/h5-12H,13-14,16-17H2,1-4H3. The zero-order valence-corrected chi connectivity index (χ0v) is 19.8. The number of nitriles is 1. The van der Waals surface area contributed by atoms with Crippen molar-refractivity contribution in [2.24, 2.45) is 5.41 Å². The van der Waals surface area contributed by atoms with Crippen LogP contribution in [0.3, 0.4) is 0 Å². The van der Waals surface area contributed by atoms with Crippen LogP contribution in [-0.2, 0) is 16.6 Å². The molecule has 6 nitrogen and oxygen atoms in total. The number of aryl methyl sites for hydroxylation is 1. The molecule has 0 N–H and O–H groups in total. The molecule has 7 heteroatoms. The Bertz CT molecular complexity index is 1300. The predicted octanol–water partition coefficient (Wildman–Crippen LogP) is 4.47. The number of benzene rings is 2. The fourth-order valence-corrected chi connectivity index (χ4v) is 5.59. The zero-order chi connectivity index (χ0) is 23.1. The van der Waals surface area contributed by atoms with Crippen LogP contribution in [0.1, 0.15) is 37.6 Å². The van der Waals surface area contributed by atoms with Gasteiger partial charge < -0.3 is 4.90 Å². The molecule has 0 saturated carbocycles. The van der Waals surface area contributed by atoms with Crippen molar-refractivity contribution < 1.29 is 8.42 Å². The number of sulfonamides is 1. The van der Waals surface area contributed by atoms with Crippen LogP contribution in [-0.4, -0.2) is 37.3 Å². The minimum absolute atomic E-state index is 0.0254. The van der Waals surface area contributed by atoms with Gasteiger partial charge in [0.2, 0.25) is 10.0 Å². The average molecular weight is 449 g/mol. The topological polar surface area (TPSA) is 77.3 Å². The highest BCUT2D eigenvalue weighted by atomic mass is 32.2. The van der Waals surface area contributed by atoms with Gasteiger partial charge in [0.25, 0.3) is 0 Å². The fraction of sp³-hybridized carbons (Fsp3) is 0.360. The third-order valence-corrected chi connectivity index (χ3v) is 7.54. The lowest BCUT2D eigenvalue weighted by Crippen LogP contribution is -2.38. The van der Waals surface area contributed by atoms with Crippen LogP contribution in [0, 0.1) is 23.7 Å². The normalized spacial score (nSPS) is 15.3. The van der Waals surface area contributed by atoms with Gasteiger partial charge in [-0.25, -0.2) is 13.4 Å². The van der Waals surface area contributed by atoms with Crippen LogP contribution in [0.4, 0.5) is 5.82 Å². The molecule has 166 valence electrons. The molecule has 0 fully saturated rings. The number of pyridine rings is 1. The summed E-state index contributed by atoms with van der Waals surface area (Å²) in [5.41, 5.74) is 2.20. The summed E-state index contributed by atoms with van der Waals surface area (Å²) in [5.74, 6) is 0.705. The Morgan fingerprint density at radius 3 is 2.31 bits per heavy atom. The fourth-order valence-electron chi connectivity index (χ4n) is 4.19. The minimum Gasteiger partial charge on any atom is -0.354 e. The first-order valence-corrected chi connectivity index (χ1v) is 12.2. The molecule has 1 aliphatic heterocycles. The summed E-state index contributed by atoms with van der Waals surface area (Å²) in [6.45, 7) is 10.1. The Labute approximate surface area is 190 Å². The molecule has 0 spiro atoms. The molecule has 0 radical (unpaired) electrons. The van der Waals surface area contributed by atoms with Crippen molar-refractivity contribution in [2.75, 3.05) is 24.5 Å². The first kappa shape index (κ1) is 22.3. The number of anilines is 1. The lowest BCUT2D eigenvalue weighted by molar-refractivity contribution is 0.390. The summed E-state index contributed by atoms with van der Waals surface area (Å²) in [5, 5.41) is 11.4. The van der Waals surface area contributed by atoms with Crippen molar-refractivity contribution in [1.29, 1.82) is 5.26 Å². The van der Waals surface area contributed by atoms with E-state index in [-0.39, 0.29) is 12.0 Å². The van der Waals surface area contributed by atoms with Crippen LogP contribution in [0.25, 0.3) is 10.8 Å². The van der Waals surface area contributed by atoms with Crippen molar-refractivity contribution in [3.8, 4) is 6.07 Å². The molecule has 0 amide bonds. The second-order valence-electron chi connectivity index (χ2n) is 9.55. The van der Waals surface area contributed by atoms with E-state index in [0.29, 0.717) is 36.0 Å². The predicted molar refractivity (Wildman–Crippen MR) is 127 cm³/mol. The number of hydrogen-bond donors (Lipinski definition) is 0. The second-order valence-corrected chi connectivity index (χ2v) is 11.5. The van der Waals surface area contributed by atoms with Gasteiger partial charge in [-0.05, 0) is 29.9 Å². The van der Waals surface area contributed by atoms with Crippen molar-refractivity contribution in [2.45, 2.75) is 39.1 Å². The number of nitrogens with zero attached hydrogens (tertiary/aromatic N) is 4. The third-order valence-electron chi connectivity index (χ3n) is 5.68. The molecular formula is C25H28N4O2S. The number of aromatic nitrogens is 1. The molecule has 32 heavy (non-hydrogen) atoms. The van der Waals surface area contributed by atoms with Gasteiger partial charge in [-0.2, -0.15) is 9.57 Å². The molecule has 3 aromatic rings. The largest absolute Gasteiger partial charge is 0.354 e. The Balaban J connectivity index is 1.89. The van der Waals surface area contributed by atoms with Gasteiger partial charge in [-0.3, -0.25) is 0 Å². The molecule has 0 unspecified atom stereocenters. The Morgan fingerprint density at radius 1 is 1.03 bits per heavy atom. The third kappa shape index (κ3) is 4.21. The SMILES string of the molecule is Cc1ccc(S(=O)(=O)N2CCN(CC(C)(C)C)c3nc(C#N)c4ccccc4c3C2)cc1. The second kappa shape index (κ2) is 8.19. The van der Waals surface area contributed by atoms with E-state index in [2.05, 4.69) is 31.7 Å². The van der Waals surface area contributed by atoms with E-state index in [1.54, 1.807) is 16.4 Å². The summed E-state index contributed by atoms with van der Waals surface area (Å²) in [7, 11) is -3.68. The van der Waals surface area contributed by atoms with Crippen molar-refractivity contribution in [3.05, 3.63) is 65.4 Å². The van der Waals surface area contributed by atoms with Crippen LogP contribution in [0.15, 0.2) is 53.4 Å². The van der Waals surface area contributed by atoms with Gasteiger partial charge in [0.1, 0.15) is 11.9 Å². The quantitative estimate of drug-likeness (QED) is 0.591. The van der Waals surface area contributed by atoms with Crippen LogP contribution >= 0.6 is 0 Å². The molecule has 0 saturated heterocycles. The molecule has 4 rings (SSSR count). The van der Waals surface area contributed by atoms with E-state index in [0.717, 1.165) is 21.9 Å². The van der Waals surface area contributed by atoms with Crippen molar-refractivity contribution >= 4 is 26.6 Å². The summed E-state index contributed by atoms with van der Waals surface area (Å²) >= 11 is 0. The first-order valence-electron chi connectivity index (χ1n) is 10.7. The van der Waals surface area contributed by atoms with E-state index in [1.807, 2.05) is 43.3 Å². The smallest absolute Gasteiger partial charge is 0.243 e. The maximum atomic E-state index is 13.5. The number of fused-ring (bicyclic) bond motifs is 3. The number of rotatable bonds is 3.